The topological polar surface area (TPSA) is 58.6 Å². The van der Waals surface area contributed by atoms with Crippen molar-refractivity contribution in [3.05, 3.63) is 26.6 Å². The van der Waals surface area contributed by atoms with E-state index in [1.165, 1.54) is 29.4 Å². The summed E-state index contributed by atoms with van der Waals surface area (Å²) >= 11 is 14.1. The van der Waals surface area contributed by atoms with Crippen LogP contribution in [0.5, 0.6) is 0 Å². The molecule has 0 atom stereocenters. The van der Waals surface area contributed by atoms with Crippen LogP contribution in [0.4, 0.5) is 0 Å². The summed E-state index contributed by atoms with van der Waals surface area (Å²) in [6, 6.07) is 1.58. The smallest absolute Gasteiger partial charge is 0.183 e. The Morgan fingerprint density at radius 3 is 2.94 bits per heavy atom. The number of H-pyrrole nitrogens is 1. The number of aromatic amines is 1. The van der Waals surface area contributed by atoms with Gasteiger partial charge >= 0.3 is 0 Å². The largest absolute Gasteiger partial charge is 0.293 e. The number of carbonyl (C=O) groups is 1. The number of nitrogens with zero attached hydrogens (tertiary/aromatic N) is 2. The number of thiophene rings is 1. The highest BCUT2D eigenvalue weighted by atomic mass is 35.5. The third kappa shape index (κ3) is 2.76. The van der Waals surface area contributed by atoms with Crippen molar-refractivity contribution < 1.29 is 4.79 Å². The SMILES string of the molecule is O=C(CSc1ncn[nH]1)c1cc(Cl)sc1Cl. The molecular formula is C8H5Cl2N3OS2. The summed E-state index contributed by atoms with van der Waals surface area (Å²) in [6.07, 6.45) is 1.39. The van der Waals surface area contributed by atoms with Crippen molar-refractivity contribution in [2.45, 2.75) is 5.16 Å². The molecule has 1 N–H and O–H groups in total. The van der Waals surface area contributed by atoms with Crippen LogP contribution in [0.3, 0.4) is 0 Å². The molecule has 0 amide bonds. The number of ketones is 1. The first-order valence-corrected chi connectivity index (χ1v) is 6.69. The maximum atomic E-state index is 11.8. The predicted octanol–water partition coefficient (Wildman–Crippen LogP) is 3.15. The number of nitrogens with one attached hydrogen (secondary N) is 1. The van der Waals surface area contributed by atoms with Crippen LogP contribution in [-0.4, -0.2) is 26.7 Å². The van der Waals surface area contributed by atoms with E-state index in [-0.39, 0.29) is 11.5 Å². The van der Waals surface area contributed by atoms with E-state index in [4.69, 9.17) is 23.2 Å². The molecule has 0 spiro atoms. The third-order valence-electron chi connectivity index (χ3n) is 1.69. The number of hydrogen-bond acceptors (Lipinski definition) is 5. The van der Waals surface area contributed by atoms with Crippen LogP contribution < -0.4 is 0 Å². The van der Waals surface area contributed by atoms with Crippen LogP contribution in [0, 0.1) is 0 Å². The molecule has 0 saturated carbocycles. The molecule has 0 saturated heterocycles. The molecule has 0 radical (unpaired) electrons. The lowest BCUT2D eigenvalue weighted by Gasteiger charge is -1.96. The number of Topliss-reactive ketones (excluding diaryl/α,β-unsaturated/α-hetero) is 1. The van der Waals surface area contributed by atoms with E-state index in [1.807, 2.05) is 0 Å². The zero-order valence-corrected chi connectivity index (χ0v) is 10.9. The number of aromatic nitrogens is 3. The maximum Gasteiger partial charge on any atom is 0.183 e. The fourth-order valence-corrected chi connectivity index (χ4v) is 3.17. The Kier molecular flexibility index (Phi) is 3.86. The van der Waals surface area contributed by atoms with Crippen molar-refractivity contribution in [1.82, 2.24) is 15.2 Å². The van der Waals surface area contributed by atoms with Gasteiger partial charge in [0.25, 0.3) is 0 Å². The lowest BCUT2D eigenvalue weighted by Crippen LogP contribution is -2.01. The summed E-state index contributed by atoms with van der Waals surface area (Å²) in [4.78, 5) is 15.7. The number of thioether (sulfide) groups is 1. The summed E-state index contributed by atoms with van der Waals surface area (Å²) in [7, 11) is 0. The molecular weight excluding hydrogens is 289 g/mol. The summed E-state index contributed by atoms with van der Waals surface area (Å²) in [5, 5.41) is 6.94. The van der Waals surface area contributed by atoms with Crippen molar-refractivity contribution in [2.24, 2.45) is 0 Å². The Morgan fingerprint density at radius 1 is 1.56 bits per heavy atom. The number of hydrogen-bond donors (Lipinski definition) is 1. The first-order chi connectivity index (χ1) is 7.66. The number of rotatable bonds is 4. The molecule has 8 heteroatoms. The van der Waals surface area contributed by atoms with Gasteiger partial charge in [0.05, 0.1) is 10.1 Å². The quantitative estimate of drug-likeness (QED) is 0.695. The Morgan fingerprint density at radius 2 is 2.38 bits per heavy atom. The van der Waals surface area contributed by atoms with E-state index < -0.39 is 0 Å². The Hall–Kier alpha value is -0.560. The molecule has 0 bridgehead atoms. The first kappa shape index (κ1) is 11.9. The second kappa shape index (κ2) is 5.18. The van der Waals surface area contributed by atoms with E-state index in [0.29, 0.717) is 19.4 Å². The maximum absolute atomic E-state index is 11.8. The van der Waals surface area contributed by atoms with Gasteiger partial charge in [0.1, 0.15) is 10.7 Å². The van der Waals surface area contributed by atoms with E-state index >= 15 is 0 Å². The van der Waals surface area contributed by atoms with Crippen LogP contribution in [0.25, 0.3) is 0 Å². The summed E-state index contributed by atoms with van der Waals surface area (Å²) in [6.45, 7) is 0. The molecule has 84 valence electrons. The second-order valence-corrected chi connectivity index (χ2v) is 5.99. The Balaban J connectivity index is 2.01. The lowest BCUT2D eigenvalue weighted by atomic mass is 10.2. The van der Waals surface area contributed by atoms with Crippen molar-refractivity contribution in [3.8, 4) is 0 Å². The van der Waals surface area contributed by atoms with Crippen LogP contribution >= 0.6 is 46.3 Å². The molecule has 0 aliphatic carbocycles. The third-order valence-corrected chi connectivity index (χ3v) is 4.05. The molecule has 0 aliphatic rings. The highest BCUT2D eigenvalue weighted by molar-refractivity contribution is 7.99. The average molecular weight is 294 g/mol. The highest BCUT2D eigenvalue weighted by Gasteiger charge is 2.14. The van der Waals surface area contributed by atoms with Crippen LogP contribution in [-0.2, 0) is 0 Å². The number of carbonyl (C=O) groups excluding carboxylic acids is 1. The van der Waals surface area contributed by atoms with Crippen molar-refractivity contribution in [3.63, 3.8) is 0 Å². The molecule has 2 aromatic rings. The molecule has 16 heavy (non-hydrogen) atoms. The minimum absolute atomic E-state index is 0.0745. The second-order valence-electron chi connectivity index (χ2n) is 2.74. The molecule has 0 aromatic carbocycles. The molecule has 2 aromatic heterocycles. The van der Waals surface area contributed by atoms with Gasteiger partial charge in [0.15, 0.2) is 10.9 Å². The Labute approximate surface area is 109 Å². The van der Waals surface area contributed by atoms with Crippen LogP contribution in [0.1, 0.15) is 10.4 Å². The highest BCUT2D eigenvalue weighted by Crippen LogP contribution is 2.32. The molecule has 0 fully saturated rings. The van der Waals surface area contributed by atoms with Gasteiger partial charge in [-0.05, 0) is 6.07 Å². The Bertz CT molecular complexity index is 497. The monoisotopic (exact) mass is 293 g/mol. The first-order valence-electron chi connectivity index (χ1n) is 4.13. The van der Waals surface area contributed by atoms with Gasteiger partial charge in [-0.2, -0.15) is 5.10 Å². The van der Waals surface area contributed by atoms with Gasteiger partial charge in [-0.25, -0.2) is 4.98 Å². The minimum Gasteiger partial charge on any atom is -0.293 e. The normalized spacial score (nSPS) is 10.6. The zero-order chi connectivity index (χ0) is 11.5. The molecule has 2 rings (SSSR count). The van der Waals surface area contributed by atoms with Crippen molar-refractivity contribution >= 4 is 52.1 Å². The lowest BCUT2D eigenvalue weighted by molar-refractivity contribution is 0.102. The van der Waals surface area contributed by atoms with E-state index in [1.54, 1.807) is 6.07 Å². The molecule has 2 heterocycles. The summed E-state index contributed by atoms with van der Waals surface area (Å²) in [5.74, 6) is 0.177. The van der Waals surface area contributed by atoms with E-state index in [0.717, 1.165) is 0 Å². The number of halogens is 2. The molecule has 0 unspecified atom stereocenters. The molecule has 0 aliphatic heterocycles. The van der Waals surface area contributed by atoms with Crippen molar-refractivity contribution in [2.75, 3.05) is 5.75 Å². The van der Waals surface area contributed by atoms with E-state index in [9.17, 15) is 4.79 Å². The van der Waals surface area contributed by atoms with Crippen molar-refractivity contribution in [1.29, 1.82) is 0 Å². The summed E-state index contributed by atoms with van der Waals surface area (Å²) < 4.78 is 0.936. The van der Waals surface area contributed by atoms with Gasteiger partial charge in [-0.1, -0.05) is 35.0 Å². The standard InChI is InChI=1S/C8H5Cl2N3OS2/c9-6-1-4(7(10)16-6)5(14)2-15-8-11-3-12-13-8/h1,3H,2H2,(H,11,12,13). The van der Waals surface area contributed by atoms with Gasteiger partial charge in [-0.3, -0.25) is 9.89 Å². The van der Waals surface area contributed by atoms with Gasteiger partial charge < -0.3 is 0 Å². The van der Waals surface area contributed by atoms with Gasteiger partial charge in [0.2, 0.25) is 0 Å². The zero-order valence-electron chi connectivity index (χ0n) is 7.74. The van der Waals surface area contributed by atoms with Gasteiger partial charge in [0, 0.05) is 5.56 Å². The van der Waals surface area contributed by atoms with Gasteiger partial charge in [-0.15, -0.1) is 11.3 Å². The predicted molar refractivity (Wildman–Crippen MR) is 65.8 cm³/mol. The fourth-order valence-electron chi connectivity index (χ4n) is 1.01. The molecule has 4 nitrogen and oxygen atoms in total. The van der Waals surface area contributed by atoms with Crippen LogP contribution in [0.15, 0.2) is 17.6 Å². The van der Waals surface area contributed by atoms with Crippen LogP contribution in [0.2, 0.25) is 8.67 Å². The minimum atomic E-state index is -0.0745. The van der Waals surface area contributed by atoms with E-state index in [2.05, 4.69) is 15.2 Å². The summed E-state index contributed by atoms with van der Waals surface area (Å²) in [5.41, 5.74) is 0.462. The fraction of sp³-hybridized carbons (Fsp3) is 0.125. The average Bonchev–Trinajstić information content (AvgIpc) is 2.84.